The second kappa shape index (κ2) is 6.61. The van der Waals surface area contributed by atoms with Crippen molar-refractivity contribution in [3.8, 4) is 11.3 Å². The Morgan fingerprint density at radius 3 is 2.79 bits per heavy atom. The zero-order valence-corrected chi connectivity index (χ0v) is 15.2. The number of nitrogens with zero attached hydrogens (tertiary/aromatic N) is 2. The van der Waals surface area contributed by atoms with Crippen LogP contribution in [0.1, 0.15) is 17.0 Å². The highest BCUT2D eigenvalue weighted by atomic mass is 16.2. The summed E-state index contributed by atoms with van der Waals surface area (Å²) in [7, 11) is 0. The number of fused-ring (bicyclic) bond motifs is 2. The highest BCUT2D eigenvalue weighted by Crippen LogP contribution is 2.33. The fourth-order valence-corrected chi connectivity index (χ4v) is 3.99. The van der Waals surface area contributed by atoms with Gasteiger partial charge in [-0.15, -0.1) is 0 Å². The number of hydrogen-bond donors (Lipinski definition) is 3. The van der Waals surface area contributed by atoms with Gasteiger partial charge in [0.25, 0.3) is 5.56 Å². The van der Waals surface area contributed by atoms with Crippen molar-refractivity contribution in [2.45, 2.75) is 19.5 Å². The largest absolute Gasteiger partial charge is 0.325 e. The molecule has 0 saturated heterocycles. The molecule has 2 aromatic carbocycles. The average Bonchev–Trinajstić information content (AvgIpc) is 3.10. The summed E-state index contributed by atoms with van der Waals surface area (Å²) < 4.78 is 0. The molecule has 0 bridgehead atoms. The molecule has 0 spiro atoms. The zero-order valence-electron chi connectivity index (χ0n) is 15.2. The first-order valence-corrected chi connectivity index (χ1v) is 9.26. The lowest BCUT2D eigenvalue weighted by Crippen LogP contribution is -2.32. The van der Waals surface area contributed by atoms with Crippen molar-refractivity contribution in [3.05, 3.63) is 86.3 Å². The number of hydrogen-bond acceptors (Lipinski definition) is 4. The van der Waals surface area contributed by atoms with Gasteiger partial charge in [-0.05, 0) is 10.8 Å². The molecule has 0 atom stereocenters. The third-order valence-corrected chi connectivity index (χ3v) is 5.27. The summed E-state index contributed by atoms with van der Waals surface area (Å²) in [5, 5.41) is 10.2. The Balaban J connectivity index is 1.50. The first kappa shape index (κ1) is 16.7. The summed E-state index contributed by atoms with van der Waals surface area (Å²) in [4.78, 5) is 30.2. The zero-order chi connectivity index (χ0) is 19.1. The Labute approximate surface area is 160 Å². The van der Waals surface area contributed by atoms with E-state index in [1.165, 1.54) is 22.4 Å². The van der Waals surface area contributed by atoms with Gasteiger partial charge in [0.1, 0.15) is 0 Å². The number of aromatic amines is 3. The number of aromatic nitrogens is 4. The predicted molar refractivity (Wildman–Crippen MR) is 107 cm³/mol. The van der Waals surface area contributed by atoms with Crippen LogP contribution in [0.2, 0.25) is 0 Å². The van der Waals surface area contributed by atoms with Crippen LogP contribution < -0.4 is 11.2 Å². The van der Waals surface area contributed by atoms with Crippen LogP contribution in [0.25, 0.3) is 22.0 Å². The summed E-state index contributed by atoms with van der Waals surface area (Å²) in [6.07, 6.45) is 0.848. The van der Waals surface area contributed by atoms with E-state index in [0.29, 0.717) is 18.8 Å². The van der Waals surface area contributed by atoms with Gasteiger partial charge >= 0.3 is 5.69 Å². The Morgan fingerprint density at radius 1 is 1.04 bits per heavy atom. The summed E-state index contributed by atoms with van der Waals surface area (Å²) in [5.41, 5.74) is 4.18. The van der Waals surface area contributed by atoms with Crippen molar-refractivity contribution < 1.29 is 0 Å². The summed E-state index contributed by atoms with van der Waals surface area (Å²) in [6.45, 7) is 2.05. The molecule has 3 heterocycles. The topological polar surface area (TPSA) is 97.6 Å². The van der Waals surface area contributed by atoms with E-state index in [-0.39, 0.29) is 5.56 Å². The van der Waals surface area contributed by atoms with Gasteiger partial charge in [0.2, 0.25) is 0 Å². The summed E-state index contributed by atoms with van der Waals surface area (Å²) in [6, 6.07) is 16.0. The maximum absolute atomic E-state index is 11.6. The minimum absolute atomic E-state index is 0.379. The fourth-order valence-electron chi connectivity index (χ4n) is 3.99. The standard InChI is InChI=1S/C21H19N5O2/c27-19-10-14(22-21(28)23-19)11-26-9-8-18-17(12-26)20(25-24-18)16-7-3-5-13-4-1-2-6-15(13)16/h1-7,10H,8-9,11-12H2,(H,24,25)(H2,22,23,27,28). The Hall–Kier alpha value is -3.45. The molecular formula is C21H19N5O2. The van der Waals surface area contributed by atoms with Crippen LogP contribution in [0.15, 0.2) is 58.1 Å². The molecule has 3 N–H and O–H groups in total. The molecule has 140 valence electrons. The van der Waals surface area contributed by atoms with E-state index in [1.807, 2.05) is 12.1 Å². The van der Waals surface area contributed by atoms with Crippen LogP contribution in [0.4, 0.5) is 0 Å². The predicted octanol–water partition coefficient (Wildman–Crippen LogP) is 2.16. The first-order chi connectivity index (χ1) is 13.7. The molecular weight excluding hydrogens is 354 g/mol. The van der Waals surface area contributed by atoms with Crippen molar-refractivity contribution in [2.75, 3.05) is 6.54 Å². The molecule has 7 heteroatoms. The van der Waals surface area contributed by atoms with Gasteiger partial charge in [0.05, 0.1) is 5.69 Å². The molecule has 0 radical (unpaired) electrons. The minimum atomic E-state index is -0.472. The van der Waals surface area contributed by atoms with Gasteiger partial charge in [-0.2, -0.15) is 5.10 Å². The normalized spacial score (nSPS) is 14.3. The quantitative estimate of drug-likeness (QED) is 0.513. The van der Waals surface area contributed by atoms with Crippen LogP contribution in [0, 0.1) is 0 Å². The number of rotatable bonds is 3. The summed E-state index contributed by atoms with van der Waals surface area (Å²) in [5.74, 6) is 0. The molecule has 7 nitrogen and oxygen atoms in total. The Bertz CT molecular complexity index is 1250. The van der Waals surface area contributed by atoms with E-state index in [9.17, 15) is 9.59 Å². The van der Waals surface area contributed by atoms with Gasteiger partial charge < -0.3 is 4.98 Å². The van der Waals surface area contributed by atoms with Crippen LogP contribution >= 0.6 is 0 Å². The molecule has 0 fully saturated rings. The second-order valence-electron chi connectivity index (χ2n) is 7.13. The molecule has 2 aromatic heterocycles. The van der Waals surface area contributed by atoms with E-state index >= 15 is 0 Å². The molecule has 4 aromatic rings. The minimum Gasteiger partial charge on any atom is -0.310 e. The van der Waals surface area contributed by atoms with E-state index in [2.05, 4.69) is 55.4 Å². The monoisotopic (exact) mass is 373 g/mol. The highest BCUT2D eigenvalue weighted by molar-refractivity contribution is 5.96. The van der Waals surface area contributed by atoms with Gasteiger partial charge in [-0.25, -0.2) is 4.79 Å². The van der Waals surface area contributed by atoms with Gasteiger partial charge in [0.15, 0.2) is 0 Å². The van der Waals surface area contributed by atoms with Gasteiger partial charge in [-0.3, -0.25) is 19.8 Å². The average molecular weight is 373 g/mol. The van der Waals surface area contributed by atoms with Crippen molar-refractivity contribution in [1.82, 2.24) is 25.1 Å². The molecule has 0 amide bonds. The Kier molecular flexibility index (Phi) is 3.95. The lowest BCUT2D eigenvalue weighted by Gasteiger charge is -2.26. The van der Waals surface area contributed by atoms with E-state index in [0.717, 1.165) is 29.9 Å². The molecule has 28 heavy (non-hydrogen) atoms. The third kappa shape index (κ3) is 2.95. The van der Waals surface area contributed by atoms with E-state index in [1.54, 1.807) is 0 Å². The SMILES string of the molecule is O=c1cc(CN2CCc3[nH]nc(-c4cccc5ccccc45)c3C2)[nH]c(=O)[nH]1. The molecule has 0 aliphatic carbocycles. The van der Waals surface area contributed by atoms with E-state index in [4.69, 9.17) is 0 Å². The lowest BCUT2D eigenvalue weighted by atomic mass is 9.97. The fraction of sp³-hybridized carbons (Fsp3) is 0.190. The Morgan fingerprint density at radius 2 is 1.89 bits per heavy atom. The van der Waals surface area contributed by atoms with Gasteiger partial charge in [-0.1, -0.05) is 42.5 Å². The van der Waals surface area contributed by atoms with Crippen molar-refractivity contribution in [2.24, 2.45) is 0 Å². The van der Waals surface area contributed by atoms with E-state index < -0.39 is 5.69 Å². The summed E-state index contributed by atoms with van der Waals surface area (Å²) >= 11 is 0. The molecule has 0 saturated carbocycles. The van der Waals surface area contributed by atoms with Crippen molar-refractivity contribution in [3.63, 3.8) is 0 Å². The maximum Gasteiger partial charge on any atom is 0.325 e. The van der Waals surface area contributed by atoms with Crippen LogP contribution in [0.5, 0.6) is 0 Å². The second-order valence-corrected chi connectivity index (χ2v) is 7.13. The molecule has 1 aliphatic heterocycles. The van der Waals surface area contributed by atoms with Crippen LogP contribution in [-0.4, -0.2) is 31.6 Å². The number of H-pyrrole nitrogens is 3. The van der Waals surface area contributed by atoms with Crippen LogP contribution in [-0.2, 0) is 19.5 Å². The smallest absolute Gasteiger partial charge is 0.310 e. The highest BCUT2D eigenvalue weighted by Gasteiger charge is 2.23. The lowest BCUT2D eigenvalue weighted by molar-refractivity contribution is 0.242. The third-order valence-electron chi connectivity index (χ3n) is 5.27. The number of nitrogens with one attached hydrogen (secondary N) is 3. The number of benzene rings is 2. The maximum atomic E-state index is 11.6. The first-order valence-electron chi connectivity index (χ1n) is 9.26. The molecule has 5 rings (SSSR count). The molecule has 1 aliphatic rings. The van der Waals surface area contributed by atoms with Gasteiger partial charge in [0, 0.05) is 54.6 Å². The van der Waals surface area contributed by atoms with Crippen LogP contribution in [0.3, 0.4) is 0 Å². The molecule has 0 unspecified atom stereocenters. The van der Waals surface area contributed by atoms with Crippen molar-refractivity contribution in [1.29, 1.82) is 0 Å². The van der Waals surface area contributed by atoms with Crippen molar-refractivity contribution >= 4 is 10.8 Å².